The monoisotopic (exact) mass is 167 g/mol. The Morgan fingerprint density at radius 1 is 1.36 bits per heavy atom. The van der Waals surface area contributed by atoms with Crippen LogP contribution in [0.25, 0.3) is 10.3 Å². The summed E-state index contributed by atoms with van der Waals surface area (Å²) in [5.74, 6) is -0.102. The lowest BCUT2D eigenvalue weighted by Gasteiger charge is -1.83. The maximum atomic E-state index is 10.8. The number of fused-ring (bicyclic) bond motifs is 1. The van der Waals surface area contributed by atoms with Crippen LogP contribution in [0.15, 0.2) is 27.4 Å². The van der Waals surface area contributed by atoms with E-state index in [4.69, 9.17) is 4.42 Å². The average molecular weight is 167 g/mol. The quantitative estimate of drug-likeness (QED) is 0.602. The van der Waals surface area contributed by atoms with E-state index in [9.17, 15) is 9.90 Å². The normalized spacial score (nSPS) is 10.5. The molecule has 1 radical (unpaired) electrons. The van der Waals surface area contributed by atoms with Gasteiger partial charge in [-0.25, -0.2) is 4.79 Å². The molecule has 1 aromatic carbocycles. The first-order chi connectivity index (χ1) is 5.25. The molecule has 4 heteroatoms. The van der Waals surface area contributed by atoms with Gasteiger partial charge in [0.2, 0.25) is 0 Å². The highest BCUT2D eigenvalue weighted by atomic mass is 32.1. The van der Waals surface area contributed by atoms with Crippen molar-refractivity contribution in [2.24, 2.45) is 0 Å². The molecule has 0 saturated heterocycles. The van der Waals surface area contributed by atoms with Crippen LogP contribution >= 0.6 is 11.3 Å². The first kappa shape index (κ1) is 6.42. The van der Waals surface area contributed by atoms with Crippen LogP contribution in [0.5, 0.6) is 5.75 Å². The Kier molecular flexibility index (Phi) is 1.22. The smallest absolute Gasteiger partial charge is 0.396 e. The molecule has 0 spiro atoms. The zero-order valence-electron chi connectivity index (χ0n) is 5.37. The summed E-state index contributed by atoms with van der Waals surface area (Å²) in [6.07, 6.45) is 0. The van der Waals surface area contributed by atoms with Gasteiger partial charge in [-0.1, -0.05) is 11.3 Å². The highest BCUT2D eigenvalue weighted by molar-refractivity contribution is 7.16. The molecule has 1 heterocycles. The van der Waals surface area contributed by atoms with E-state index in [2.05, 4.69) is 0 Å². The lowest BCUT2D eigenvalue weighted by atomic mass is 10.3. The molecule has 55 valence electrons. The van der Waals surface area contributed by atoms with E-state index in [0.717, 1.165) is 11.3 Å². The number of hydrogen-bond donors (Lipinski definition) is 0. The molecule has 0 saturated carbocycles. The van der Waals surface area contributed by atoms with E-state index in [1.54, 1.807) is 0 Å². The fourth-order valence-corrected chi connectivity index (χ4v) is 1.55. The maximum Gasteiger partial charge on any atom is 0.396 e. The number of rotatable bonds is 0. The molecule has 0 unspecified atom stereocenters. The Labute approximate surface area is 65.5 Å². The van der Waals surface area contributed by atoms with Gasteiger partial charge >= 0.3 is 4.94 Å². The molecule has 0 N–H and O–H groups in total. The third-order valence-electron chi connectivity index (χ3n) is 1.30. The molecular weight excluding hydrogens is 164 g/mol. The van der Waals surface area contributed by atoms with Gasteiger partial charge in [-0.3, -0.25) is 5.11 Å². The first-order valence-electron chi connectivity index (χ1n) is 2.96. The Morgan fingerprint density at radius 2 is 2.18 bits per heavy atom. The molecule has 3 nitrogen and oxygen atoms in total. The predicted molar refractivity (Wildman–Crippen MR) is 40.5 cm³/mol. The fourth-order valence-electron chi connectivity index (χ4n) is 0.853. The third kappa shape index (κ3) is 1.01. The van der Waals surface area contributed by atoms with Crippen molar-refractivity contribution in [2.45, 2.75) is 0 Å². The van der Waals surface area contributed by atoms with Gasteiger partial charge in [-0.15, -0.1) is 0 Å². The van der Waals surface area contributed by atoms with Crippen molar-refractivity contribution in [1.82, 2.24) is 0 Å². The van der Waals surface area contributed by atoms with Crippen LogP contribution in [0.3, 0.4) is 0 Å². The topological polar surface area (TPSA) is 50.1 Å². The lowest BCUT2D eigenvalue weighted by Crippen LogP contribution is -1.79. The molecule has 0 bridgehead atoms. The average Bonchev–Trinajstić information content (AvgIpc) is 2.27. The van der Waals surface area contributed by atoms with Crippen LogP contribution in [0.1, 0.15) is 0 Å². The zero-order valence-corrected chi connectivity index (χ0v) is 6.18. The van der Waals surface area contributed by atoms with E-state index < -0.39 is 0 Å². The molecule has 2 rings (SSSR count). The van der Waals surface area contributed by atoms with E-state index in [1.165, 1.54) is 18.2 Å². The summed E-state index contributed by atoms with van der Waals surface area (Å²) >= 11 is 0.944. The van der Waals surface area contributed by atoms with Gasteiger partial charge in [-0.2, -0.15) is 0 Å². The Morgan fingerprint density at radius 3 is 3.00 bits per heavy atom. The summed E-state index contributed by atoms with van der Waals surface area (Å²) in [5, 5.41) is 10.8. The summed E-state index contributed by atoms with van der Waals surface area (Å²) in [6.45, 7) is 0. The largest absolute Gasteiger partial charge is 0.414 e. The number of hydrogen-bond acceptors (Lipinski definition) is 3. The molecule has 0 amide bonds. The van der Waals surface area contributed by atoms with E-state index in [-0.39, 0.29) is 10.7 Å². The summed E-state index contributed by atoms with van der Waals surface area (Å²) in [6, 6.07) is 4.28. The molecule has 0 aliphatic carbocycles. The molecular formula is C7H3O3S. The van der Waals surface area contributed by atoms with Crippen molar-refractivity contribution in [3.05, 3.63) is 27.9 Å². The number of benzene rings is 1. The van der Waals surface area contributed by atoms with Crippen LogP contribution in [-0.2, 0) is 5.11 Å². The van der Waals surface area contributed by atoms with Gasteiger partial charge in [0.25, 0.3) is 0 Å². The molecule has 2 aromatic rings. The minimum absolute atomic E-state index is 0.102. The summed E-state index contributed by atoms with van der Waals surface area (Å²) in [4.78, 5) is 10.3. The van der Waals surface area contributed by atoms with Gasteiger partial charge in [0, 0.05) is 6.07 Å². The van der Waals surface area contributed by atoms with Crippen LogP contribution in [0.2, 0.25) is 0 Å². The van der Waals surface area contributed by atoms with Gasteiger partial charge in [0.1, 0.15) is 5.58 Å². The van der Waals surface area contributed by atoms with Crippen molar-refractivity contribution >= 4 is 21.6 Å². The van der Waals surface area contributed by atoms with Crippen molar-refractivity contribution in [3.8, 4) is 5.75 Å². The van der Waals surface area contributed by atoms with E-state index in [1.807, 2.05) is 0 Å². The van der Waals surface area contributed by atoms with Gasteiger partial charge < -0.3 is 4.42 Å². The van der Waals surface area contributed by atoms with E-state index >= 15 is 0 Å². The standard InChI is InChI=1S/C7H3O3S/c8-4-1-2-5-6(3-4)11-7(9)10-5/h1-3H. The Balaban J connectivity index is 2.92. The van der Waals surface area contributed by atoms with Gasteiger partial charge in [-0.05, 0) is 12.1 Å². The SMILES string of the molecule is [O]c1ccc2oc(=O)sc2c1. The van der Waals surface area contributed by atoms with Crippen molar-refractivity contribution in [2.75, 3.05) is 0 Å². The molecule has 11 heavy (non-hydrogen) atoms. The van der Waals surface area contributed by atoms with Crippen molar-refractivity contribution in [3.63, 3.8) is 0 Å². The highest BCUT2D eigenvalue weighted by Crippen LogP contribution is 2.21. The Bertz CT molecular complexity index is 440. The van der Waals surface area contributed by atoms with Crippen LogP contribution in [0, 0.1) is 0 Å². The predicted octanol–water partition coefficient (Wildman–Crippen LogP) is 2.00. The second-order valence-corrected chi connectivity index (χ2v) is 3.04. The molecule has 0 aliphatic rings. The maximum absolute atomic E-state index is 10.8. The third-order valence-corrected chi connectivity index (χ3v) is 2.09. The van der Waals surface area contributed by atoms with Gasteiger partial charge in [0.05, 0.1) is 4.70 Å². The highest BCUT2D eigenvalue weighted by Gasteiger charge is 2.01. The van der Waals surface area contributed by atoms with Crippen molar-refractivity contribution < 1.29 is 9.52 Å². The molecule has 0 aliphatic heterocycles. The summed E-state index contributed by atoms with van der Waals surface area (Å²) in [7, 11) is 0. The van der Waals surface area contributed by atoms with Crippen LogP contribution in [0.4, 0.5) is 0 Å². The summed E-state index contributed by atoms with van der Waals surface area (Å²) in [5.41, 5.74) is 0.486. The van der Waals surface area contributed by atoms with Gasteiger partial charge in [0.15, 0.2) is 5.75 Å². The molecule has 0 atom stereocenters. The fraction of sp³-hybridized carbons (Fsp3) is 0. The first-order valence-corrected chi connectivity index (χ1v) is 3.78. The minimum atomic E-state index is -0.370. The van der Waals surface area contributed by atoms with Crippen LogP contribution < -0.4 is 4.94 Å². The zero-order chi connectivity index (χ0) is 7.84. The van der Waals surface area contributed by atoms with Crippen LogP contribution in [-0.4, -0.2) is 0 Å². The lowest BCUT2D eigenvalue weighted by molar-refractivity contribution is 0.355. The second-order valence-electron chi connectivity index (χ2n) is 2.06. The Hall–Kier alpha value is -1.29. The minimum Gasteiger partial charge on any atom is -0.414 e. The molecule has 1 aromatic heterocycles. The second kappa shape index (κ2) is 2.10. The van der Waals surface area contributed by atoms with E-state index in [0.29, 0.717) is 10.3 Å². The van der Waals surface area contributed by atoms with Crippen molar-refractivity contribution in [1.29, 1.82) is 0 Å². The molecule has 0 fully saturated rings. The summed E-state index contributed by atoms with van der Waals surface area (Å²) < 4.78 is 5.36.